The molecule has 1 unspecified atom stereocenters. The van der Waals surface area contributed by atoms with Gasteiger partial charge in [-0.1, -0.05) is 34.6 Å². The lowest BCUT2D eigenvalue weighted by Crippen LogP contribution is -2.37. The van der Waals surface area contributed by atoms with Crippen molar-refractivity contribution in [3.05, 3.63) is 29.1 Å². The summed E-state index contributed by atoms with van der Waals surface area (Å²) in [4.78, 5) is 9.62. The Bertz CT molecular complexity index is 564. The van der Waals surface area contributed by atoms with E-state index in [0.717, 1.165) is 49.5 Å². The third-order valence-corrected chi connectivity index (χ3v) is 4.76. The predicted molar refractivity (Wildman–Crippen MR) is 94.3 cm³/mol. The fourth-order valence-electron chi connectivity index (χ4n) is 3.53. The zero-order valence-electron chi connectivity index (χ0n) is 15.3. The van der Waals surface area contributed by atoms with Crippen molar-refractivity contribution in [2.45, 2.75) is 59.0 Å². The number of aromatic nitrogens is 1. The van der Waals surface area contributed by atoms with Crippen molar-refractivity contribution in [2.24, 2.45) is 0 Å². The number of hydrogen-bond acceptors (Lipinski definition) is 4. The molecule has 1 fully saturated rings. The molecule has 1 atom stereocenters. The number of likely N-dealkylation sites (tertiary alicyclic amines) is 1. The van der Waals surface area contributed by atoms with Gasteiger partial charge in [-0.3, -0.25) is 14.8 Å². The Hall–Kier alpha value is -1.44. The molecule has 0 saturated carbocycles. The van der Waals surface area contributed by atoms with E-state index in [1.165, 1.54) is 6.42 Å². The van der Waals surface area contributed by atoms with Gasteiger partial charge in [0.1, 0.15) is 6.07 Å². The van der Waals surface area contributed by atoms with E-state index >= 15 is 0 Å². The van der Waals surface area contributed by atoms with Crippen LogP contribution in [-0.4, -0.2) is 47.0 Å². The highest BCUT2D eigenvalue weighted by Crippen LogP contribution is 2.25. The van der Waals surface area contributed by atoms with Crippen LogP contribution in [0.4, 0.5) is 0 Å². The third kappa shape index (κ3) is 4.31. The van der Waals surface area contributed by atoms with E-state index in [4.69, 9.17) is 0 Å². The summed E-state index contributed by atoms with van der Waals surface area (Å²) in [5.41, 5.74) is 2.67. The molecule has 2 heterocycles. The molecule has 4 nitrogen and oxygen atoms in total. The van der Waals surface area contributed by atoms with Crippen molar-refractivity contribution in [1.29, 1.82) is 5.26 Å². The second-order valence-corrected chi connectivity index (χ2v) is 7.50. The SMILES string of the molecule is CCN(CC)C1CCN(Cc2cnc(C(C)(C)C)c(C#N)c2)C1. The third-order valence-electron chi connectivity index (χ3n) is 4.76. The van der Waals surface area contributed by atoms with E-state index in [1.807, 2.05) is 12.3 Å². The van der Waals surface area contributed by atoms with Crippen LogP contribution in [0, 0.1) is 11.3 Å². The maximum Gasteiger partial charge on any atom is 0.101 e. The molecule has 2 rings (SSSR count). The summed E-state index contributed by atoms with van der Waals surface area (Å²) in [6, 6.07) is 5.02. The van der Waals surface area contributed by atoms with Gasteiger partial charge < -0.3 is 0 Å². The Balaban J connectivity index is 2.06. The zero-order chi connectivity index (χ0) is 17.0. The van der Waals surface area contributed by atoms with E-state index in [1.54, 1.807) is 0 Å². The summed E-state index contributed by atoms with van der Waals surface area (Å²) in [5, 5.41) is 9.44. The number of likely N-dealkylation sites (N-methyl/N-ethyl adjacent to an activating group) is 1. The van der Waals surface area contributed by atoms with Gasteiger partial charge in [-0.05, 0) is 31.1 Å². The summed E-state index contributed by atoms with van der Waals surface area (Å²) in [6.45, 7) is 16.2. The number of nitrogens with zero attached hydrogens (tertiary/aromatic N) is 4. The van der Waals surface area contributed by atoms with E-state index in [-0.39, 0.29) is 5.41 Å². The van der Waals surface area contributed by atoms with Crippen molar-refractivity contribution in [3.8, 4) is 6.07 Å². The first kappa shape index (κ1) is 17.9. The lowest BCUT2D eigenvalue weighted by molar-refractivity contribution is 0.209. The lowest BCUT2D eigenvalue weighted by Gasteiger charge is -2.26. The van der Waals surface area contributed by atoms with Gasteiger partial charge in [0.2, 0.25) is 0 Å². The Morgan fingerprint density at radius 1 is 1.35 bits per heavy atom. The highest BCUT2D eigenvalue weighted by Gasteiger charge is 2.26. The normalized spacial score (nSPS) is 19.3. The molecule has 1 aliphatic rings. The van der Waals surface area contributed by atoms with Crippen LogP contribution < -0.4 is 0 Å². The zero-order valence-corrected chi connectivity index (χ0v) is 15.3. The number of nitriles is 1. The summed E-state index contributed by atoms with van der Waals surface area (Å²) in [5.74, 6) is 0. The van der Waals surface area contributed by atoms with Crippen LogP contribution >= 0.6 is 0 Å². The van der Waals surface area contributed by atoms with Gasteiger partial charge >= 0.3 is 0 Å². The van der Waals surface area contributed by atoms with E-state index < -0.39 is 0 Å². The van der Waals surface area contributed by atoms with Gasteiger partial charge in [0, 0.05) is 37.3 Å². The molecular formula is C19H30N4. The Morgan fingerprint density at radius 3 is 2.61 bits per heavy atom. The highest BCUT2D eigenvalue weighted by molar-refractivity contribution is 5.39. The average Bonchev–Trinajstić information content (AvgIpc) is 2.95. The predicted octanol–water partition coefficient (Wildman–Crippen LogP) is 3.17. The van der Waals surface area contributed by atoms with Crippen molar-refractivity contribution < 1.29 is 0 Å². The maximum atomic E-state index is 9.44. The molecule has 4 heteroatoms. The van der Waals surface area contributed by atoms with Crippen LogP contribution in [0.5, 0.6) is 0 Å². The smallest absolute Gasteiger partial charge is 0.101 e. The molecule has 0 radical (unpaired) electrons. The molecule has 126 valence electrons. The van der Waals surface area contributed by atoms with E-state index in [0.29, 0.717) is 6.04 Å². The van der Waals surface area contributed by atoms with Gasteiger partial charge in [0.25, 0.3) is 0 Å². The van der Waals surface area contributed by atoms with Crippen molar-refractivity contribution in [3.63, 3.8) is 0 Å². The van der Waals surface area contributed by atoms with Crippen LogP contribution in [0.3, 0.4) is 0 Å². The fourth-order valence-corrected chi connectivity index (χ4v) is 3.53. The first-order valence-electron chi connectivity index (χ1n) is 8.75. The summed E-state index contributed by atoms with van der Waals surface area (Å²) >= 11 is 0. The van der Waals surface area contributed by atoms with Gasteiger partial charge in [-0.2, -0.15) is 5.26 Å². The molecular weight excluding hydrogens is 284 g/mol. The van der Waals surface area contributed by atoms with Crippen LogP contribution in [0.15, 0.2) is 12.3 Å². The summed E-state index contributed by atoms with van der Waals surface area (Å²) in [6.07, 6.45) is 3.19. The van der Waals surface area contributed by atoms with E-state index in [2.05, 4.69) is 55.5 Å². The van der Waals surface area contributed by atoms with Crippen LogP contribution in [-0.2, 0) is 12.0 Å². The van der Waals surface area contributed by atoms with Crippen molar-refractivity contribution in [2.75, 3.05) is 26.2 Å². The lowest BCUT2D eigenvalue weighted by atomic mass is 9.88. The average molecular weight is 314 g/mol. The van der Waals surface area contributed by atoms with Crippen molar-refractivity contribution >= 4 is 0 Å². The standard InChI is InChI=1S/C19H30N4/c1-6-23(7-2)17-8-9-22(14-17)13-15-10-16(11-20)18(21-12-15)19(3,4)5/h10,12,17H,6-9,13-14H2,1-5H3. The molecule has 1 aliphatic heterocycles. The van der Waals surface area contributed by atoms with Crippen LogP contribution in [0.25, 0.3) is 0 Å². The van der Waals surface area contributed by atoms with Crippen LogP contribution in [0.2, 0.25) is 0 Å². The Labute approximate surface area is 141 Å². The largest absolute Gasteiger partial charge is 0.300 e. The Kier molecular flexibility index (Phi) is 5.78. The van der Waals surface area contributed by atoms with Gasteiger partial charge in [0.05, 0.1) is 11.3 Å². The van der Waals surface area contributed by atoms with Crippen LogP contribution in [0.1, 0.15) is 57.9 Å². The highest BCUT2D eigenvalue weighted by atomic mass is 15.2. The molecule has 1 saturated heterocycles. The minimum absolute atomic E-state index is 0.0922. The van der Waals surface area contributed by atoms with Gasteiger partial charge in [-0.15, -0.1) is 0 Å². The minimum atomic E-state index is -0.0922. The molecule has 0 spiro atoms. The second kappa shape index (κ2) is 7.42. The molecule has 0 bridgehead atoms. The molecule has 0 N–H and O–H groups in total. The Morgan fingerprint density at radius 2 is 2.04 bits per heavy atom. The first-order chi connectivity index (χ1) is 10.9. The fraction of sp³-hybridized carbons (Fsp3) is 0.684. The molecule has 0 aromatic carbocycles. The maximum absolute atomic E-state index is 9.44. The summed E-state index contributed by atoms with van der Waals surface area (Å²) < 4.78 is 0. The van der Waals surface area contributed by atoms with Gasteiger partial charge in [-0.25, -0.2) is 0 Å². The molecule has 0 aliphatic carbocycles. The number of hydrogen-bond donors (Lipinski definition) is 0. The second-order valence-electron chi connectivity index (χ2n) is 7.50. The minimum Gasteiger partial charge on any atom is -0.300 e. The monoisotopic (exact) mass is 314 g/mol. The number of rotatable bonds is 5. The molecule has 1 aromatic heterocycles. The quantitative estimate of drug-likeness (QED) is 0.837. The topological polar surface area (TPSA) is 43.2 Å². The molecule has 1 aromatic rings. The first-order valence-corrected chi connectivity index (χ1v) is 8.75. The molecule has 0 amide bonds. The van der Waals surface area contributed by atoms with Gasteiger partial charge in [0.15, 0.2) is 0 Å². The molecule has 23 heavy (non-hydrogen) atoms. The summed E-state index contributed by atoms with van der Waals surface area (Å²) in [7, 11) is 0. The van der Waals surface area contributed by atoms with E-state index in [9.17, 15) is 5.26 Å². The van der Waals surface area contributed by atoms with Crippen molar-refractivity contribution in [1.82, 2.24) is 14.8 Å². The number of pyridine rings is 1.